The maximum Gasteiger partial charge on any atom is 0.349 e. The molecule has 188 valence electrons. The van der Waals surface area contributed by atoms with Crippen LogP contribution in [-0.2, 0) is 16.8 Å². The molecule has 2 N–H and O–H groups in total. The fourth-order valence-corrected chi connectivity index (χ4v) is 5.73. The van der Waals surface area contributed by atoms with Gasteiger partial charge in [0.05, 0.1) is 28.9 Å². The number of halogens is 4. The van der Waals surface area contributed by atoms with Gasteiger partial charge in [0.15, 0.2) is 5.75 Å². The zero-order chi connectivity index (χ0) is 26.1. The molecule has 6 rings (SSSR count). The topological polar surface area (TPSA) is 126 Å². The fraction of sp³-hybridized carbons (Fsp3) is 0.250. The van der Waals surface area contributed by atoms with E-state index >= 15 is 0 Å². The number of H-pyrrole nitrogens is 2. The Labute approximate surface area is 216 Å². The van der Waals surface area contributed by atoms with Crippen molar-refractivity contribution in [1.82, 2.24) is 19.7 Å². The maximum atomic E-state index is 13.9. The second-order valence-corrected chi connectivity index (χ2v) is 9.96. The van der Waals surface area contributed by atoms with Crippen molar-refractivity contribution in [3.63, 3.8) is 0 Å². The Balaban J connectivity index is 1.38. The highest BCUT2D eigenvalue weighted by atomic mass is 35.5. The maximum absolute atomic E-state index is 13.9. The van der Waals surface area contributed by atoms with Crippen LogP contribution in [0.2, 0.25) is 10.0 Å². The minimum Gasteiger partial charge on any atom is -0.454 e. The highest BCUT2D eigenvalue weighted by Crippen LogP contribution is 2.57. The standard InChI is InChI=1S/C24H15Cl2F2N5O4/c25-14-3-11(33-22(35)31-21(34)17(6-29)32-33)4-15(26)20(14)37-12-1-2-16-13(5-12)19-18(30-16)7-36-10-23(19)8-24(27,28)9-23/h1-5,30H,7-10H2,(H,31,34,35). The summed E-state index contributed by atoms with van der Waals surface area (Å²) >= 11 is 12.8. The summed E-state index contributed by atoms with van der Waals surface area (Å²) in [7, 11) is 0. The summed E-state index contributed by atoms with van der Waals surface area (Å²) in [6.45, 7) is 0.525. The second-order valence-electron chi connectivity index (χ2n) is 9.14. The lowest BCUT2D eigenvalue weighted by Crippen LogP contribution is -2.53. The first-order valence-electron chi connectivity index (χ1n) is 11.0. The van der Waals surface area contributed by atoms with Gasteiger partial charge in [0.2, 0.25) is 11.6 Å². The second kappa shape index (κ2) is 8.14. The summed E-state index contributed by atoms with van der Waals surface area (Å²) < 4.78 is 40.2. The van der Waals surface area contributed by atoms with Gasteiger partial charge >= 0.3 is 5.69 Å². The lowest BCUT2D eigenvalue weighted by Gasteiger charge is -2.49. The van der Waals surface area contributed by atoms with Gasteiger partial charge in [-0.15, -0.1) is 5.10 Å². The van der Waals surface area contributed by atoms with E-state index in [1.807, 2.05) is 4.98 Å². The Bertz CT molecular complexity index is 1740. The lowest BCUT2D eigenvalue weighted by molar-refractivity contribution is -0.153. The van der Waals surface area contributed by atoms with Crippen LogP contribution >= 0.6 is 23.2 Å². The van der Waals surface area contributed by atoms with Gasteiger partial charge in [0.25, 0.3) is 5.56 Å². The van der Waals surface area contributed by atoms with Gasteiger partial charge in [0, 0.05) is 34.9 Å². The van der Waals surface area contributed by atoms with E-state index in [4.69, 9.17) is 37.9 Å². The van der Waals surface area contributed by atoms with E-state index in [1.54, 1.807) is 24.3 Å². The molecule has 9 nitrogen and oxygen atoms in total. The third kappa shape index (κ3) is 3.80. The predicted octanol–water partition coefficient (Wildman–Crippen LogP) is 4.57. The number of ether oxygens (including phenoxy) is 2. The first-order valence-corrected chi connectivity index (χ1v) is 11.8. The largest absolute Gasteiger partial charge is 0.454 e. The molecule has 0 amide bonds. The highest BCUT2D eigenvalue weighted by molar-refractivity contribution is 6.37. The SMILES string of the molecule is N#Cc1nn(-c2cc(Cl)c(Oc3ccc4[nH]c5c(c4c3)C3(COC5)CC(F)(F)C3)c(Cl)c2)c(=O)[nH]c1=O. The van der Waals surface area contributed by atoms with Crippen LogP contribution in [0.15, 0.2) is 39.9 Å². The molecular weight excluding hydrogens is 531 g/mol. The molecule has 3 heterocycles. The smallest absolute Gasteiger partial charge is 0.349 e. The van der Waals surface area contributed by atoms with Crippen LogP contribution in [-0.4, -0.2) is 32.3 Å². The third-order valence-electron chi connectivity index (χ3n) is 6.58. The molecule has 4 aromatic rings. The first kappa shape index (κ1) is 23.7. The molecule has 1 aliphatic heterocycles. The Morgan fingerprint density at radius 2 is 1.86 bits per heavy atom. The number of alkyl halides is 2. The summed E-state index contributed by atoms with van der Waals surface area (Å²) in [5.41, 5.74) is -0.620. The monoisotopic (exact) mass is 545 g/mol. The van der Waals surface area contributed by atoms with Crippen molar-refractivity contribution in [2.75, 3.05) is 6.61 Å². The molecule has 37 heavy (non-hydrogen) atoms. The molecule has 1 saturated carbocycles. The Morgan fingerprint density at radius 3 is 2.54 bits per heavy atom. The summed E-state index contributed by atoms with van der Waals surface area (Å²) in [5.74, 6) is -2.28. The average Bonchev–Trinajstić information content (AvgIpc) is 3.19. The third-order valence-corrected chi connectivity index (χ3v) is 7.14. The summed E-state index contributed by atoms with van der Waals surface area (Å²) in [6, 6.07) is 9.48. The molecule has 0 bridgehead atoms. The first-order chi connectivity index (χ1) is 17.6. The van der Waals surface area contributed by atoms with Crippen molar-refractivity contribution < 1.29 is 18.3 Å². The number of hydrogen-bond donors (Lipinski definition) is 2. The quantitative estimate of drug-likeness (QED) is 0.388. The van der Waals surface area contributed by atoms with Crippen LogP contribution in [0.3, 0.4) is 0 Å². The van der Waals surface area contributed by atoms with Crippen molar-refractivity contribution in [1.29, 1.82) is 5.26 Å². The van der Waals surface area contributed by atoms with Crippen LogP contribution in [0.1, 0.15) is 29.8 Å². The molecule has 2 aromatic heterocycles. The Morgan fingerprint density at radius 1 is 1.14 bits per heavy atom. The van der Waals surface area contributed by atoms with Gasteiger partial charge in [-0.25, -0.2) is 13.6 Å². The lowest BCUT2D eigenvalue weighted by atomic mass is 9.61. The number of rotatable bonds is 3. The molecule has 2 aromatic carbocycles. The summed E-state index contributed by atoms with van der Waals surface area (Å²) in [5, 5.41) is 13.6. The van der Waals surface area contributed by atoms with Crippen molar-refractivity contribution in [3.8, 4) is 23.3 Å². The number of nitrogens with zero attached hydrogens (tertiary/aromatic N) is 3. The van der Waals surface area contributed by atoms with E-state index in [9.17, 15) is 18.4 Å². The van der Waals surface area contributed by atoms with Gasteiger partial charge in [-0.2, -0.15) is 9.94 Å². The van der Waals surface area contributed by atoms with Crippen molar-refractivity contribution >= 4 is 34.1 Å². The number of aromatic amines is 2. The molecule has 1 fully saturated rings. The highest BCUT2D eigenvalue weighted by Gasteiger charge is 2.59. The molecule has 1 spiro atoms. The average molecular weight is 546 g/mol. The Hall–Kier alpha value is -3.72. The number of aromatic nitrogens is 4. The van der Waals surface area contributed by atoms with Gasteiger partial charge in [-0.1, -0.05) is 23.2 Å². The van der Waals surface area contributed by atoms with E-state index in [1.165, 1.54) is 12.1 Å². The minimum atomic E-state index is -2.73. The number of benzene rings is 2. The molecule has 13 heteroatoms. The fourth-order valence-electron chi connectivity index (χ4n) is 5.17. The Kier molecular flexibility index (Phi) is 5.21. The molecule has 2 aliphatic rings. The minimum absolute atomic E-state index is 0.0283. The van der Waals surface area contributed by atoms with Crippen LogP contribution in [0.4, 0.5) is 8.78 Å². The van der Waals surface area contributed by atoms with Crippen LogP contribution in [0.5, 0.6) is 11.5 Å². The van der Waals surface area contributed by atoms with Crippen LogP contribution in [0.25, 0.3) is 16.6 Å². The van der Waals surface area contributed by atoms with Crippen molar-refractivity contribution in [2.24, 2.45) is 0 Å². The molecule has 0 unspecified atom stereocenters. The van der Waals surface area contributed by atoms with Gasteiger partial charge in [0.1, 0.15) is 11.8 Å². The van der Waals surface area contributed by atoms with E-state index in [0.717, 1.165) is 26.8 Å². The van der Waals surface area contributed by atoms with Gasteiger partial charge < -0.3 is 14.5 Å². The van der Waals surface area contributed by atoms with Crippen LogP contribution < -0.4 is 16.0 Å². The number of fused-ring (bicyclic) bond motifs is 4. The number of nitriles is 1. The number of nitrogens with one attached hydrogen (secondary N) is 2. The van der Waals surface area contributed by atoms with Gasteiger partial charge in [-0.3, -0.25) is 9.78 Å². The summed E-state index contributed by atoms with van der Waals surface area (Å²) in [6.07, 6.45) is -0.564. The molecule has 0 radical (unpaired) electrons. The van der Waals surface area contributed by atoms with E-state index in [-0.39, 0.29) is 40.9 Å². The van der Waals surface area contributed by atoms with E-state index in [0.29, 0.717) is 12.4 Å². The number of hydrogen-bond acceptors (Lipinski definition) is 6. The molecule has 0 saturated heterocycles. The van der Waals surface area contributed by atoms with Gasteiger partial charge in [-0.05, 0) is 35.9 Å². The van der Waals surface area contributed by atoms with Crippen molar-refractivity contribution in [2.45, 2.75) is 30.8 Å². The van der Waals surface area contributed by atoms with E-state index < -0.39 is 28.3 Å². The predicted molar refractivity (Wildman–Crippen MR) is 129 cm³/mol. The zero-order valence-corrected chi connectivity index (χ0v) is 20.2. The van der Waals surface area contributed by atoms with Crippen molar-refractivity contribution in [3.05, 3.63) is 78.2 Å². The van der Waals surface area contributed by atoms with Crippen LogP contribution in [0, 0.1) is 11.3 Å². The molecule has 1 aliphatic carbocycles. The molecule has 0 atom stereocenters. The zero-order valence-electron chi connectivity index (χ0n) is 18.7. The van der Waals surface area contributed by atoms with E-state index in [2.05, 4.69) is 10.1 Å². The molecular formula is C24H15Cl2F2N5O4. The normalized spacial score (nSPS) is 17.3. The summed E-state index contributed by atoms with van der Waals surface area (Å²) in [4.78, 5) is 29.1.